The maximum Gasteiger partial charge on any atom is 0.237 e. The first kappa shape index (κ1) is 15.4. The van der Waals surface area contributed by atoms with Crippen LogP contribution in [-0.2, 0) is 9.53 Å². The van der Waals surface area contributed by atoms with Gasteiger partial charge in [0.15, 0.2) is 0 Å². The normalized spacial score (nSPS) is 18.0. The number of hydrogen-bond donors (Lipinski definition) is 0. The summed E-state index contributed by atoms with van der Waals surface area (Å²) < 4.78 is 5.30. The molecule has 112 valence electrons. The van der Waals surface area contributed by atoms with E-state index in [-0.39, 0.29) is 11.9 Å². The summed E-state index contributed by atoms with van der Waals surface area (Å²) in [6.45, 7) is 9.69. The third-order valence-corrected chi connectivity index (χ3v) is 4.67. The lowest BCUT2D eigenvalue weighted by Crippen LogP contribution is -2.44. The predicted molar refractivity (Wildman–Crippen MR) is 80.0 cm³/mol. The molecule has 0 saturated carbocycles. The van der Waals surface area contributed by atoms with Gasteiger partial charge in [-0.15, -0.1) is 11.3 Å². The predicted octanol–water partition coefficient (Wildman–Crippen LogP) is 1.61. The molecule has 20 heavy (non-hydrogen) atoms. The van der Waals surface area contributed by atoms with Gasteiger partial charge >= 0.3 is 0 Å². The number of hydrogen-bond acceptors (Lipinski definition) is 5. The third-order valence-electron chi connectivity index (χ3n) is 3.77. The molecule has 0 aliphatic carbocycles. The lowest BCUT2D eigenvalue weighted by molar-refractivity contribution is -0.134. The highest BCUT2D eigenvalue weighted by Crippen LogP contribution is 2.26. The number of nitrogens with zero attached hydrogens (tertiary/aromatic N) is 3. The van der Waals surface area contributed by atoms with Crippen LogP contribution in [0.25, 0.3) is 0 Å². The first-order valence-electron chi connectivity index (χ1n) is 6.98. The highest BCUT2D eigenvalue weighted by atomic mass is 32.1. The number of morpholine rings is 1. The van der Waals surface area contributed by atoms with Gasteiger partial charge in [0, 0.05) is 25.0 Å². The van der Waals surface area contributed by atoms with Crippen LogP contribution in [0.4, 0.5) is 0 Å². The van der Waals surface area contributed by atoms with Crippen molar-refractivity contribution in [2.45, 2.75) is 26.8 Å². The maximum absolute atomic E-state index is 12.4. The SMILES string of the molecule is Cc1nc(C(C)N(C)C(=O)CN2CCOCC2)c(C)s1. The van der Waals surface area contributed by atoms with Gasteiger partial charge in [0.2, 0.25) is 5.91 Å². The second-order valence-corrected chi connectivity index (χ2v) is 6.65. The molecule has 1 atom stereocenters. The second kappa shape index (κ2) is 6.65. The van der Waals surface area contributed by atoms with Crippen LogP contribution in [0, 0.1) is 13.8 Å². The summed E-state index contributed by atoms with van der Waals surface area (Å²) in [5.41, 5.74) is 1.02. The zero-order valence-corrected chi connectivity index (χ0v) is 13.5. The monoisotopic (exact) mass is 297 g/mol. The van der Waals surface area contributed by atoms with Crippen molar-refractivity contribution in [2.75, 3.05) is 39.9 Å². The molecule has 0 aromatic carbocycles. The molecule has 6 heteroatoms. The summed E-state index contributed by atoms with van der Waals surface area (Å²) in [6.07, 6.45) is 0. The molecule has 0 bridgehead atoms. The number of ether oxygens (including phenoxy) is 1. The Balaban J connectivity index is 1.96. The fraction of sp³-hybridized carbons (Fsp3) is 0.714. The fourth-order valence-electron chi connectivity index (χ4n) is 2.39. The Morgan fingerprint density at radius 3 is 2.65 bits per heavy atom. The molecule has 1 amide bonds. The lowest BCUT2D eigenvalue weighted by Gasteiger charge is -2.30. The highest BCUT2D eigenvalue weighted by molar-refractivity contribution is 7.11. The van der Waals surface area contributed by atoms with Crippen molar-refractivity contribution in [3.63, 3.8) is 0 Å². The average molecular weight is 297 g/mol. The van der Waals surface area contributed by atoms with E-state index in [1.807, 2.05) is 20.9 Å². The van der Waals surface area contributed by atoms with Gasteiger partial charge in [0.25, 0.3) is 0 Å². The van der Waals surface area contributed by atoms with Gasteiger partial charge < -0.3 is 9.64 Å². The Morgan fingerprint density at radius 1 is 1.45 bits per heavy atom. The quantitative estimate of drug-likeness (QED) is 0.847. The van der Waals surface area contributed by atoms with Gasteiger partial charge in [0.05, 0.1) is 36.5 Å². The molecule has 0 N–H and O–H groups in total. The number of aryl methyl sites for hydroxylation is 2. The van der Waals surface area contributed by atoms with Crippen molar-refractivity contribution < 1.29 is 9.53 Å². The van der Waals surface area contributed by atoms with E-state index in [9.17, 15) is 4.79 Å². The molecule has 1 unspecified atom stereocenters. The summed E-state index contributed by atoms with van der Waals surface area (Å²) in [5, 5.41) is 1.05. The molecule has 1 saturated heterocycles. The smallest absolute Gasteiger partial charge is 0.237 e. The minimum Gasteiger partial charge on any atom is -0.379 e. The Morgan fingerprint density at radius 2 is 2.10 bits per heavy atom. The van der Waals surface area contributed by atoms with E-state index < -0.39 is 0 Å². The molecular weight excluding hydrogens is 274 g/mol. The molecule has 1 aromatic heterocycles. The minimum absolute atomic E-state index is 0.0218. The average Bonchev–Trinajstić information content (AvgIpc) is 2.77. The van der Waals surface area contributed by atoms with Crippen LogP contribution in [0.5, 0.6) is 0 Å². The molecule has 1 aromatic rings. The minimum atomic E-state index is 0.0218. The number of rotatable bonds is 4. The first-order chi connectivity index (χ1) is 9.49. The van der Waals surface area contributed by atoms with Crippen molar-refractivity contribution in [3.8, 4) is 0 Å². The van der Waals surface area contributed by atoms with E-state index in [1.165, 1.54) is 4.88 Å². The Bertz CT molecular complexity index is 469. The van der Waals surface area contributed by atoms with Gasteiger partial charge in [0.1, 0.15) is 0 Å². The number of thiazole rings is 1. The fourth-order valence-corrected chi connectivity index (χ4v) is 3.30. The molecule has 1 aliphatic heterocycles. The summed E-state index contributed by atoms with van der Waals surface area (Å²) in [6, 6.07) is 0.0218. The largest absolute Gasteiger partial charge is 0.379 e. The molecule has 1 aliphatic rings. The van der Waals surface area contributed by atoms with Gasteiger partial charge in [-0.1, -0.05) is 0 Å². The zero-order valence-electron chi connectivity index (χ0n) is 12.7. The van der Waals surface area contributed by atoms with E-state index in [4.69, 9.17) is 4.74 Å². The number of amides is 1. The summed E-state index contributed by atoms with van der Waals surface area (Å²) in [7, 11) is 1.86. The van der Waals surface area contributed by atoms with Crippen molar-refractivity contribution >= 4 is 17.2 Å². The van der Waals surface area contributed by atoms with Gasteiger partial charge in [-0.25, -0.2) is 4.98 Å². The Labute approximate surface area is 124 Å². The number of likely N-dealkylation sites (N-methyl/N-ethyl adjacent to an activating group) is 1. The van der Waals surface area contributed by atoms with E-state index >= 15 is 0 Å². The molecule has 0 spiro atoms. The van der Waals surface area contributed by atoms with Crippen LogP contribution >= 0.6 is 11.3 Å². The summed E-state index contributed by atoms with van der Waals surface area (Å²) in [4.78, 5) is 22.1. The van der Waals surface area contributed by atoms with E-state index in [0.717, 1.165) is 37.0 Å². The van der Waals surface area contributed by atoms with E-state index in [0.29, 0.717) is 6.54 Å². The van der Waals surface area contributed by atoms with Gasteiger partial charge in [-0.3, -0.25) is 9.69 Å². The maximum atomic E-state index is 12.4. The van der Waals surface area contributed by atoms with Crippen LogP contribution < -0.4 is 0 Å². The Hall–Kier alpha value is -0.980. The lowest BCUT2D eigenvalue weighted by atomic mass is 10.2. The van der Waals surface area contributed by atoms with Crippen LogP contribution in [0.1, 0.15) is 28.5 Å². The molecule has 2 heterocycles. The molecule has 5 nitrogen and oxygen atoms in total. The van der Waals surface area contributed by atoms with Crippen LogP contribution in [0.15, 0.2) is 0 Å². The standard InChI is InChI=1S/C14H23N3O2S/c1-10(14-11(2)20-12(3)15-14)16(4)13(18)9-17-5-7-19-8-6-17/h10H,5-9H2,1-4H3. The van der Waals surface area contributed by atoms with E-state index in [2.05, 4.69) is 16.8 Å². The molecule has 2 rings (SSSR count). The molecule has 1 fully saturated rings. The van der Waals surface area contributed by atoms with Crippen molar-refractivity contribution in [2.24, 2.45) is 0 Å². The number of carbonyl (C=O) groups excluding carboxylic acids is 1. The van der Waals surface area contributed by atoms with Crippen molar-refractivity contribution in [1.29, 1.82) is 0 Å². The van der Waals surface area contributed by atoms with E-state index in [1.54, 1.807) is 16.2 Å². The van der Waals surface area contributed by atoms with Crippen LogP contribution in [0.2, 0.25) is 0 Å². The highest BCUT2D eigenvalue weighted by Gasteiger charge is 2.23. The first-order valence-corrected chi connectivity index (χ1v) is 7.80. The Kier molecular flexibility index (Phi) is 5.12. The molecule has 0 radical (unpaired) electrons. The topological polar surface area (TPSA) is 45.7 Å². The number of aromatic nitrogens is 1. The summed E-state index contributed by atoms with van der Waals surface area (Å²) in [5.74, 6) is 0.143. The number of carbonyl (C=O) groups is 1. The van der Waals surface area contributed by atoms with Gasteiger partial charge in [-0.2, -0.15) is 0 Å². The van der Waals surface area contributed by atoms with Gasteiger partial charge in [-0.05, 0) is 20.8 Å². The van der Waals surface area contributed by atoms with Crippen molar-refractivity contribution in [1.82, 2.24) is 14.8 Å². The van der Waals surface area contributed by atoms with Crippen LogP contribution in [-0.4, -0.2) is 60.6 Å². The zero-order chi connectivity index (χ0) is 14.7. The molecular formula is C14H23N3O2S. The third kappa shape index (κ3) is 3.56. The van der Waals surface area contributed by atoms with Crippen LogP contribution in [0.3, 0.4) is 0 Å². The second-order valence-electron chi connectivity index (χ2n) is 5.24. The van der Waals surface area contributed by atoms with Crippen molar-refractivity contribution in [3.05, 3.63) is 15.6 Å². The summed E-state index contributed by atoms with van der Waals surface area (Å²) >= 11 is 1.69.